The summed E-state index contributed by atoms with van der Waals surface area (Å²) in [4.78, 5) is 22.9. The Kier molecular flexibility index (Phi) is 6.82. The maximum atomic E-state index is 12.1. The maximum absolute atomic E-state index is 12.1. The number of nitrogens with two attached hydrogens (primary N) is 1. The summed E-state index contributed by atoms with van der Waals surface area (Å²) in [6, 6.07) is 9.44. The van der Waals surface area contributed by atoms with Crippen LogP contribution >= 0.6 is 23.2 Å². The Balaban J connectivity index is 2.06. The standard InChI is InChI=1S/C17H15Cl2N3O4/c1-25-15-6-10(2-5-14(15)26-9-16(20)23)8-21-22-17(24)12-7-11(18)3-4-13(12)19/h2-8H,9H2,1H3,(H2,20,23)(H,22,24)/b21-8-. The lowest BCUT2D eigenvalue weighted by Gasteiger charge is -2.09. The average molecular weight is 396 g/mol. The summed E-state index contributed by atoms with van der Waals surface area (Å²) < 4.78 is 10.4. The number of rotatable bonds is 7. The number of nitrogens with zero attached hydrogens (tertiary/aromatic N) is 1. The Bertz CT molecular complexity index is 856. The molecule has 7 nitrogen and oxygen atoms in total. The molecule has 0 fully saturated rings. The van der Waals surface area contributed by atoms with Gasteiger partial charge in [0.25, 0.3) is 11.8 Å². The maximum Gasteiger partial charge on any atom is 0.272 e. The van der Waals surface area contributed by atoms with Crippen LogP contribution in [0.2, 0.25) is 10.0 Å². The lowest BCUT2D eigenvalue weighted by atomic mass is 10.2. The van der Waals surface area contributed by atoms with Crippen molar-refractivity contribution >= 4 is 41.2 Å². The number of benzene rings is 2. The Morgan fingerprint density at radius 2 is 1.96 bits per heavy atom. The Hall–Kier alpha value is -2.77. The molecule has 0 aromatic heterocycles. The molecule has 136 valence electrons. The molecule has 0 bridgehead atoms. The summed E-state index contributed by atoms with van der Waals surface area (Å²) >= 11 is 11.8. The van der Waals surface area contributed by atoms with Gasteiger partial charge in [-0.3, -0.25) is 9.59 Å². The second-order valence-electron chi connectivity index (χ2n) is 4.99. The minimum Gasteiger partial charge on any atom is -0.493 e. The number of hydrogen-bond acceptors (Lipinski definition) is 5. The van der Waals surface area contributed by atoms with Crippen LogP contribution in [0.25, 0.3) is 0 Å². The summed E-state index contributed by atoms with van der Waals surface area (Å²) in [6.07, 6.45) is 1.41. The minimum atomic E-state index is -0.597. The number of carbonyl (C=O) groups excluding carboxylic acids is 2. The molecule has 26 heavy (non-hydrogen) atoms. The van der Waals surface area contributed by atoms with Crippen LogP contribution in [0.1, 0.15) is 15.9 Å². The van der Waals surface area contributed by atoms with Crippen molar-refractivity contribution in [2.45, 2.75) is 0 Å². The minimum absolute atomic E-state index is 0.212. The first-order valence-electron chi connectivity index (χ1n) is 7.28. The van der Waals surface area contributed by atoms with Gasteiger partial charge in [-0.05, 0) is 42.0 Å². The highest BCUT2D eigenvalue weighted by atomic mass is 35.5. The highest BCUT2D eigenvalue weighted by Crippen LogP contribution is 2.27. The molecule has 0 aliphatic carbocycles. The van der Waals surface area contributed by atoms with Gasteiger partial charge in [0.05, 0.1) is 23.9 Å². The summed E-state index contributed by atoms with van der Waals surface area (Å²) in [6.45, 7) is -0.264. The number of ether oxygens (including phenoxy) is 2. The molecule has 0 atom stereocenters. The van der Waals surface area contributed by atoms with Crippen LogP contribution in [0, 0.1) is 0 Å². The Morgan fingerprint density at radius 3 is 2.65 bits per heavy atom. The highest BCUT2D eigenvalue weighted by Gasteiger charge is 2.10. The van der Waals surface area contributed by atoms with Crippen molar-refractivity contribution in [3.63, 3.8) is 0 Å². The third-order valence-electron chi connectivity index (χ3n) is 3.11. The number of nitrogens with one attached hydrogen (secondary N) is 1. The topological polar surface area (TPSA) is 103 Å². The molecule has 0 saturated heterocycles. The fourth-order valence-electron chi connectivity index (χ4n) is 1.93. The van der Waals surface area contributed by atoms with Gasteiger partial charge in [0.15, 0.2) is 18.1 Å². The van der Waals surface area contributed by atoms with Gasteiger partial charge in [-0.25, -0.2) is 5.43 Å². The summed E-state index contributed by atoms with van der Waals surface area (Å²) in [7, 11) is 1.45. The van der Waals surface area contributed by atoms with E-state index in [1.807, 2.05) is 0 Å². The molecule has 3 N–H and O–H groups in total. The van der Waals surface area contributed by atoms with Crippen LogP contribution in [-0.4, -0.2) is 31.7 Å². The van der Waals surface area contributed by atoms with Crippen LogP contribution in [-0.2, 0) is 4.79 Å². The van der Waals surface area contributed by atoms with Crippen molar-refractivity contribution in [2.75, 3.05) is 13.7 Å². The summed E-state index contributed by atoms with van der Waals surface area (Å²) in [5, 5.41) is 4.52. The van der Waals surface area contributed by atoms with Crippen molar-refractivity contribution in [3.05, 3.63) is 57.6 Å². The summed E-state index contributed by atoms with van der Waals surface area (Å²) in [5.41, 5.74) is 8.24. The summed E-state index contributed by atoms with van der Waals surface area (Å²) in [5.74, 6) is -0.347. The first kappa shape index (κ1) is 19.6. The molecule has 2 amide bonds. The molecule has 0 aliphatic rings. The second kappa shape index (κ2) is 9.07. The van der Waals surface area contributed by atoms with Gasteiger partial charge < -0.3 is 15.2 Å². The fourth-order valence-corrected chi connectivity index (χ4v) is 2.31. The van der Waals surface area contributed by atoms with Crippen LogP contribution < -0.4 is 20.6 Å². The number of carbonyl (C=O) groups is 2. The lowest BCUT2D eigenvalue weighted by Crippen LogP contribution is -2.20. The SMILES string of the molecule is COc1cc(/C=N\NC(=O)c2cc(Cl)ccc2Cl)ccc1OCC(N)=O. The van der Waals surface area contributed by atoms with E-state index in [4.69, 9.17) is 38.4 Å². The molecular formula is C17H15Cl2N3O4. The fraction of sp³-hybridized carbons (Fsp3) is 0.118. The second-order valence-corrected chi connectivity index (χ2v) is 5.83. The number of halogens is 2. The molecule has 0 spiro atoms. The smallest absolute Gasteiger partial charge is 0.272 e. The monoisotopic (exact) mass is 395 g/mol. The molecule has 2 rings (SSSR count). The molecule has 0 unspecified atom stereocenters. The zero-order chi connectivity index (χ0) is 19.1. The number of methoxy groups -OCH3 is 1. The van der Waals surface area contributed by atoms with Gasteiger partial charge in [0.1, 0.15) is 0 Å². The van der Waals surface area contributed by atoms with E-state index in [9.17, 15) is 9.59 Å². The van der Waals surface area contributed by atoms with Crippen molar-refractivity contribution in [2.24, 2.45) is 10.8 Å². The van der Waals surface area contributed by atoms with Crippen LogP contribution in [0.5, 0.6) is 11.5 Å². The van der Waals surface area contributed by atoms with E-state index in [-0.39, 0.29) is 17.2 Å². The molecular weight excluding hydrogens is 381 g/mol. The van der Waals surface area contributed by atoms with Gasteiger partial charge in [-0.15, -0.1) is 0 Å². The van der Waals surface area contributed by atoms with E-state index in [2.05, 4.69) is 10.5 Å². The molecule has 0 radical (unpaired) electrons. The third kappa shape index (κ3) is 5.37. The predicted octanol–water partition coefficient (Wildman–Crippen LogP) is 2.63. The zero-order valence-corrected chi connectivity index (χ0v) is 15.2. The van der Waals surface area contributed by atoms with Crippen LogP contribution in [0.15, 0.2) is 41.5 Å². The van der Waals surface area contributed by atoms with Crippen LogP contribution in [0.4, 0.5) is 0 Å². The van der Waals surface area contributed by atoms with Gasteiger partial charge >= 0.3 is 0 Å². The zero-order valence-electron chi connectivity index (χ0n) is 13.7. The molecule has 0 aliphatic heterocycles. The highest BCUT2D eigenvalue weighted by molar-refractivity contribution is 6.35. The molecule has 2 aromatic carbocycles. The van der Waals surface area contributed by atoms with E-state index >= 15 is 0 Å². The Morgan fingerprint density at radius 1 is 1.19 bits per heavy atom. The van der Waals surface area contributed by atoms with Gasteiger partial charge in [0, 0.05) is 5.02 Å². The van der Waals surface area contributed by atoms with Crippen molar-refractivity contribution in [3.8, 4) is 11.5 Å². The van der Waals surface area contributed by atoms with Gasteiger partial charge in [-0.1, -0.05) is 23.2 Å². The first-order valence-corrected chi connectivity index (χ1v) is 8.04. The van der Waals surface area contributed by atoms with E-state index in [1.165, 1.54) is 25.5 Å². The Labute approximate surface area is 159 Å². The van der Waals surface area contributed by atoms with E-state index in [0.717, 1.165) is 0 Å². The van der Waals surface area contributed by atoms with Crippen molar-refractivity contribution < 1.29 is 19.1 Å². The molecule has 9 heteroatoms. The molecule has 0 saturated carbocycles. The van der Waals surface area contributed by atoms with Crippen LogP contribution in [0.3, 0.4) is 0 Å². The quantitative estimate of drug-likeness (QED) is 0.555. The van der Waals surface area contributed by atoms with E-state index in [0.29, 0.717) is 22.1 Å². The third-order valence-corrected chi connectivity index (χ3v) is 3.68. The van der Waals surface area contributed by atoms with Gasteiger partial charge in [-0.2, -0.15) is 5.10 Å². The first-order chi connectivity index (χ1) is 12.4. The van der Waals surface area contributed by atoms with Crippen molar-refractivity contribution in [1.29, 1.82) is 0 Å². The largest absolute Gasteiger partial charge is 0.493 e. The lowest BCUT2D eigenvalue weighted by molar-refractivity contribution is -0.119. The average Bonchev–Trinajstić information content (AvgIpc) is 2.62. The van der Waals surface area contributed by atoms with E-state index < -0.39 is 11.8 Å². The predicted molar refractivity (Wildman–Crippen MR) is 99.2 cm³/mol. The number of primary amides is 1. The van der Waals surface area contributed by atoms with Crippen molar-refractivity contribution in [1.82, 2.24) is 5.43 Å². The molecule has 0 heterocycles. The number of amides is 2. The van der Waals surface area contributed by atoms with E-state index in [1.54, 1.807) is 24.3 Å². The normalized spacial score (nSPS) is 10.6. The molecule has 2 aromatic rings. The number of hydrazone groups is 1. The van der Waals surface area contributed by atoms with Gasteiger partial charge in [0.2, 0.25) is 0 Å². The number of hydrogen-bond donors (Lipinski definition) is 2.